The average Bonchev–Trinajstić information content (AvgIpc) is 2.51. The lowest BCUT2D eigenvalue weighted by Gasteiger charge is -2.09. The fourth-order valence-corrected chi connectivity index (χ4v) is 2.32. The van der Waals surface area contributed by atoms with Crippen LogP contribution in [0.5, 0.6) is 0 Å². The minimum absolute atomic E-state index is 0.110. The monoisotopic (exact) mass is 327 g/mol. The molecule has 0 aliphatic carbocycles. The van der Waals surface area contributed by atoms with E-state index in [1.54, 1.807) is 6.07 Å². The molecule has 0 bridgehead atoms. The van der Waals surface area contributed by atoms with Gasteiger partial charge in [0.2, 0.25) is 0 Å². The van der Waals surface area contributed by atoms with E-state index in [0.29, 0.717) is 11.9 Å². The Balaban J connectivity index is 1.78. The van der Waals surface area contributed by atoms with Gasteiger partial charge in [0.25, 0.3) is 0 Å². The van der Waals surface area contributed by atoms with E-state index < -0.39 is 17.7 Å². The molecule has 2 N–H and O–H groups in total. The van der Waals surface area contributed by atoms with E-state index in [4.69, 9.17) is 0 Å². The lowest BCUT2D eigenvalue weighted by molar-refractivity contribution is 0.262. The number of carbonyl (C=O) groups excluding carboxylic acids is 1. The maximum Gasteiger partial charge on any atom is 0.324 e. The molecule has 0 atom stereocenters. The van der Waals surface area contributed by atoms with Gasteiger partial charge in [0.1, 0.15) is 17.5 Å². The predicted octanol–water partition coefficient (Wildman–Crippen LogP) is 4.77. The highest BCUT2D eigenvalue weighted by Crippen LogP contribution is 2.20. The molecule has 1 heterocycles. The number of hydrogen-bond donors (Lipinski definition) is 2. The van der Waals surface area contributed by atoms with Crippen molar-refractivity contribution >= 4 is 28.4 Å². The second-order valence-electron chi connectivity index (χ2n) is 5.53. The number of hydrogen-bond acceptors (Lipinski definition) is 2. The Hall–Kier alpha value is -3.02. The first-order chi connectivity index (χ1) is 11.4. The van der Waals surface area contributed by atoms with Crippen molar-refractivity contribution in [1.82, 2.24) is 4.98 Å². The first kappa shape index (κ1) is 15.9. The van der Waals surface area contributed by atoms with E-state index in [1.807, 2.05) is 32.0 Å². The third-order valence-corrected chi connectivity index (χ3v) is 3.73. The fourth-order valence-electron chi connectivity index (χ4n) is 2.32. The predicted molar refractivity (Wildman–Crippen MR) is 90.2 cm³/mol. The molecule has 0 radical (unpaired) electrons. The molecule has 0 fully saturated rings. The van der Waals surface area contributed by atoms with Crippen LogP contribution in [0.3, 0.4) is 0 Å². The normalized spacial score (nSPS) is 10.7. The van der Waals surface area contributed by atoms with Crippen molar-refractivity contribution in [3.8, 4) is 0 Å². The number of carbonyl (C=O) groups is 1. The van der Waals surface area contributed by atoms with E-state index in [0.717, 1.165) is 34.2 Å². The van der Waals surface area contributed by atoms with E-state index >= 15 is 0 Å². The van der Waals surface area contributed by atoms with Gasteiger partial charge in [-0.3, -0.25) is 5.32 Å². The average molecular weight is 327 g/mol. The highest BCUT2D eigenvalue weighted by Gasteiger charge is 2.09. The Morgan fingerprint density at radius 3 is 2.46 bits per heavy atom. The van der Waals surface area contributed by atoms with Crippen LogP contribution in [0.25, 0.3) is 10.9 Å². The maximum absolute atomic E-state index is 13.5. The Morgan fingerprint density at radius 1 is 0.958 bits per heavy atom. The zero-order valence-corrected chi connectivity index (χ0v) is 13.2. The molecule has 0 spiro atoms. The van der Waals surface area contributed by atoms with Gasteiger partial charge in [0, 0.05) is 11.5 Å². The van der Waals surface area contributed by atoms with E-state index in [1.165, 1.54) is 0 Å². The van der Waals surface area contributed by atoms with Crippen LogP contribution in [0.4, 0.5) is 25.1 Å². The summed E-state index contributed by atoms with van der Waals surface area (Å²) < 4.78 is 26.4. The lowest BCUT2D eigenvalue weighted by atomic mass is 10.1. The molecule has 1 aromatic heterocycles. The smallest absolute Gasteiger partial charge is 0.305 e. The number of nitrogens with zero attached hydrogens (tertiary/aromatic N) is 1. The van der Waals surface area contributed by atoms with Gasteiger partial charge in [0.15, 0.2) is 0 Å². The third-order valence-electron chi connectivity index (χ3n) is 3.73. The van der Waals surface area contributed by atoms with Crippen LogP contribution in [0, 0.1) is 25.5 Å². The third kappa shape index (κ3) is 3.32. The molecule has 2 aromatic carbocycles. The van der Waals surface area contributed by atoms with E-state index in [9.17, 15) is 13.6 Å². The summed E-state index contributed by atoms with van der Waals surface area (Å²) in [6.45, 7) is 4.01. The number of fused-ring (bicyclic) bond motifs is 1. The molecular formula is C18H15F2N3O. The Morgan fingerprint density at radius 2 is 1.71 bits per heavy atom. The number of benzene rings is 2. The molecule has 0 saturated heterocycles. The van der Waals surface area contributed by atoms with Gasteiger partial charge < -0.3 is 5.32 Å². The minimum Gasteiger partial charge on any atom is -0.305 e. The number of anilines is 2. The van der Waals surface area contributed by atoms with Gasteiger partial charge in [-0.1, -0.05) is 0 Å². The van der Waals surface area contributed by atoms with Crippen molar-refractivity contribution < 1.29 is 13.6 Å². The van der Waals surface area contributed by atoms with Crippen molar-refractivity contribution in [3.63, 3.8) is 0 Å². The summed E-state index contributed by atoms with van der Waals surface area (Å²) >= 11 is 0. The number of rotatable bonds is 2. The summed E-state index contributed by atoms with van der Waals surface area (Å²) in [6, 6.07) is 9.75. The summed E-state index contributed by atoms with van der Waals surface area (Å²) in [5, 5.41) is 5.83. The van der Waals surface area contributed by atoms with Crippen molar-refractivity contribution in [3.05, 3.63) is 65.2 Å². The zero-order valence-electron chi connectivity index (χ0n) is 13.2. The molecule has 4 nitrogen and oxygen atoms in total. The van der Waals surface area contributed by atoms with Gasteiger partial charge in [-0.15, -0.1) is 0 Å². The van der Waals surface area contributed by atoms with Crippen molar-refractivity contribution in [2.75, 3.05) is 10.6 Å². The highest BCUT2D eigenvalue weighted by atomic mass is 19.1. The Kier molecular flexibility index (Phi) is 4.12. The van der Waals surface area contributed by atoms with Gasteiger partial charge in [0.05, 0.1) is 11.2 Å². The quantitative estimate of drug-likeness (QED) is 0.712. The second-order valence-corrected chi connectivity index (χ2v) is 5.53. The molecule has 24 heavy (non-hydrogen) atoms. The molecule has 0 unspecified atom stereocenters. The van der Waals surface area contributed by atoms with Crippen molar-refractivity contribution in [2.24, 2.45) is 0 Å². The van der Waals surface area contributed by atoms with Crippen LogP contribution in [0.2, 0.25) is 0 Å². The van der Waals surface area contributed by atoms with Gasteiger partial charge in [-0.2, -0.15) is 0 Å². The molecule has 0 aliphatic rings. The number of amides is 2. The summed E-state index contributed by atoms with van der Waals surface area (Å²) in [6.07, 6.45) is 0. The van der Waals surface area contributed by atoms with Crippen LogP contribution < -0.4 is 10.6 Å². The van der Waals surface area contributed by atoms with Crippen LogP contribution in [-0.2, 0) is 0 Å². The Labute approximate surface area is 137 Å². The molecule has 122 valence electrons. The van der Waals surface area contributed by atoms with Gasteiger partial charge in [-0.25, -0.2) is 18.6 Å². The fraction of sp³-hybridized carbons (Fsp3) is 0.111. The van der Waals surface area contributed by atoms with Gasteiger partial charge >= 0.3 is 6.03 Å². The van der Waals surface area contributed by atoms with Crippen molar-refractivity contribution in [2.45, 2.75) is 13.8 Å². The first-order valence-corrected chi connectivity index (χ1v) is 7.33. The Bertz CT molecular complexity index is 941. The molecule has 0 saturated carbocycles. The summed E-state index contributed by atoms with van der Waals surface area (Å²) in [5.74, 6) is -1.21. The number of nitrogens with one attached hydrogen (secondary N) is 2. The van der Waals surface area contributed by atoms with E-state index in [2.05, 4.69) is 15.6 Å². The number of aryl methyl sites for hydroxylation is 2. The largest absolute Gasteiger partial charge is 0.324 e. The standard InChI is InChI=1S/C18H15F2N3O/c1-10-7-12-3-6-17(21-16(12)8-11(10)2)23-18(24)22-15-5-4-13(19)9-14(15)20/h3-9H,1-2H3,(H2,21,22,23,24). The van der Waals surface area contributed by atoms with Crippen LogP contribution in [-0.4, -0.2) is 11.0 Å². The summed E-state index contributed by atoms with van der Waals surface area (Å²) in [5.41, 5.74) is 2.91. The zero-order chi connectivity index (χ0) is 17.3. The molecule has 2 amide bonds. The second kappa shape index (κ2) is 6.23. The lowest BCUT2D eigenvalue weighted by Crippen LogP contribution is -2.20. The van der Waals surface area contributed by atoms with Crippen molar-refractivity contribution in [1.29, 1.82) is 0 Å². The number of halogens is 2. The summed E-state index contributed by atoms with van der Waals surface area (Å²) in [4.78, 5) is 16.3. The highest BCUT2D eigenvalue weighted by molar-refractivity contribution is 5.99. The molecule has 6 heteroatoms. The maximum atomic E-state index is 13.5. The summed E-state index contributed by atoms with van der Waals surface area (Å²) in [7, 11) is 0. The number of pyridine rings is 1. The molecular weight excluding hydrogens is 312 g/mol. The molecule has 0 aliphatic heterocycles. The number of aromatic nitrogens is 1. The van der Waals surface area contributed by atoms with Crippen LogP contribution >= 0.6 is 0 Å². The topological polar surface area (TPSA) is 54.0 Å². The number of urea groups is 1. The molecule has 3 rings (SSSR count). The van der Waals surface area contributed by atoms with Gasteiger partial charge in [-0.05, 0) is 61.4 Å². The molecule has 3 aromatic rings. The van der Waals surface area contributed by atoms with E-state index in [-0.39, 0.29) is 5.69 Å². The van der Waals surface area contributed by atoms with Crippen LogP contribution in [0.15, 0.2) is 42.5 Å². The minimum atomic E-state index is -0.845. The van der Waals surface area contributed by atoms with Crippen LogP contribution in [0.1, 0.15) is 11.1 Å². The first-order valence-electron chi connectivity index (χ1n) is 7.33. The SMILES string of the molecule is Cc1cc2ccc(NC(=O)Nc3ccc(F)cc3F)nc2cc1C.